The third kappa shape index (κ3) is 3.20. The molecule has 0 aliphatic heterocycles. The van der Waals surface area contributed by atoms with Crippen molar-refractivity contribution in [3.63, 3.8) is 0 Å². The summed E-state index contributed by atoms with van der Waals surface area (Å²) in [5.74, 6) is 2.23. The smallest absolute Gasteiger partial charge is 0.175 e. The Morgan fingerprint density at radius 2 is 2.04 bits per heavy atom. The zero-order chi connectivity index (χ0) is 16.4. The number of nitrogens with zero attached hydrogens (tertiary/aromatic N) is 1. The molecule has 120 valence electrons. The Balaban J connectivity index is 2.05. The molecule has 0 fully saturated rings. The van der Waals surface area contributed by atoms with Crippen molar-refractivity contribution in [3.05, 3.63) is 40.4 Å². The van der Waals surface area contributed by atoms with E-state index in [0.29, 0.717) is 12.4 Å². The second kappa shape index (κ2) is 6.62. The molecule has 1 heterocycles. The molecule has 0 saturated heterocycles. The van der Waals surface area contributed by atoms with Crippen LogP contribution in [0.25, 0.3) is 22.4 Å². The predicted molar refractivity (Wildman–Crippen MR) is 96.3 cm³/mol. The molecule has 0 aliphatic carbocycles. The second-order valence-electron chi connectivity index (χ2n) is 5.44. The van der Waals surface area contributed by atoms with Crippen molar-refractivity contribution in [1.29, 1.82) is 0 Å². The first-order valence-electron chi connectivity index (χ1n) is 7.59. The summed E-state index contributed by atoms with van der Waals surface area (Å²) in [5.41, 5.74) is 4.13. The van der Waals surface area contributed by atoms with Crippen LogP contribution in [0.1, 0.15) is 18.9 Å². The maximum Gasteiger partial charge on any atom is 0.175 e. The number of benzene rings is 2. The Labute approximate surface area is 144 Å². The number of aromatic amines is 1. The van der Waals surface area contributed by atoms with Crippen molar-refractivity contribution in [1.82, 2.24) is 9.97 Å². The van der Waals surface area contributed by atoms with Gasteiger partial charge in [-0.3, -0.25) is 0 Å². The summed E-state index contributed by atoms with van der Waals surface area (Å²) in [6, 6.07) is 10.1. The molecule has 0 amide bonds. The number of aryl methyl sites for hydroxylation is 1. The summed E-state index contributed by atoms with van der Waals surface area (Å²) in [4.78, 5) is 8.03. The first-order valence-corrected chi connectivity index (χ1v) is 8.38. The Kier molecular flexibility index (Phi) is 4.57. The highest BCUT2D eigenvalue weighted by atomic mass is 79.9. The van der Waals surface area contributed by atoms with Crippen LogP contribution in [0.2, 0.25) is 0 Å². The highest BCUT2D eigenvalue weighted by molar-refractivity contribution is 9.10. The van der Waals surface area contributed by atoms with Crippen LogP contribution < -0.4 is 9.47 Å². The van der Waals surface area contributed by atoms with E-state index in [1.54, 1.807) is 7.11 Å². The van der Waals surface area contributed by atoms with Crippen molar-refractivity contribution in [2.24, 2.45) is 0 Å². The minimum atomic E-state index is 0.651. The van der Waals surface area contributed by atoms with Gasteiger partial charge in [0.05, 0.1) is 29.2 Å². The molecule has 0 radical (unpaired) electrons. The molecule has 0 aliphatic rings. The fourth-order valence-corrected chi connectivity index (χ4v) is 3.02. The van der Waals surface area contributed by atoms with Crippen molar-refractivity contribution < 1.29 is 9.47 Å². The highest BCUT2D eigenvalue weighted by Gasteiger charge is 2.14. The van der Waals surface area contributed by atoms with Gasteiger partial charge in [-0.15, -0.1) is 0 Å². The van der Waals surface area contributed by atoms with Crippen LogP contribution in [0, 0.1) is 6.92 Å². The molecule has 0 bridgehead atoms. The van der Waals surface area contributed by atoms with Gasteiger partial charge in [-0.25, -0.2) is 4.98 Å². The number of imidazole rings is 1. The molecule has 1 aromatic heterocycles. The molecule has 5 heteroatoms. The average Bonchev–Trinajstić information content (AvgIpc) is 2.96. The van der Waals surface area contributed by atoms with Crippen LogP contribution in [0.5, 0.6) is 11.5 Å². The first kappa shape index (κ1) is 15.9. The van der Waals surface area contributed by atoms with Crippen LogP contribution in [-0.2, 0) is 0 Å². The van der Waals surface area contributed by atoms with E-state index >= 15 is 0 Å². The molecule has 0 spiro atoms. The molecule has 0 saturated carbocycles. The largest absolute Gasteiger partial charge is 0.493 e. The molecule has 23 heavy (non-hydrogen) atoms. The van der Waals surface area contributed by atoms with Crippen molar-refractivity contribution in [2.45, 2.75) is 20.3 Å². The van der Waals surface area contributed by atoms with Gasteiger partial charge in [-0.2, -0.15) is 0 Å². The molecule has 2 aromatic carbocycles. The number of methoxy groups -OCH3 is 1. The zero-order valence-electron chi connectivity index (χ0n) is 13.4. The first-order chi connectivity index (χ1) is 11.1. The predicted octanol–water partition coefficient (Wildman–Crippen LogP) is 5.10. The maximum atomic E-state index is 5.77. The molecule has 0 atom stereocenters. The topological polar surface area (TPSA) is 47.1 Å². The quantitative estimate of drug-likeness (QED) is 0.675. The van der Waals surface area contributed by atoms with Crippen molar-refractivity contribution in [2.75, 3.05) is 13.7 Å². The molecule has 3 aromatic rings. The standard InChI is InChI=1S/C18H19BrN2O2/c1-4-7-23-17-13(19)9-12(10-16(17)22-3)18-20-14-6-5-11(2)8-15(14)21-18/h5-6,8-10H,4,7H2,1-3H3,(H,20,21). The molecular weight excluding hydrogens is 356 g/mol. The number of H-pyrrole nitrogens is 1. The summed E-state index contributed by atoms with van der Waals surface area (Å²) in [6.07, 6.45) is 0.945. The highest BCUT2D eigenvalue weighted by Crippen LogP contribution is 2.39. The monoisotopic (exact) mass is 374 g/mol. The van der Waals surface area contributed by atoms with Crippen LogP contribution in [0.3, 0.4) is 0 Å². The summed E-state index contributed by atoms with van der Waals surface area (Å²) in [7, 11) is 1.65. The minimum Gasteiger partial charge on any atom is -0.493 e. The number of halogens is 1. The number of hydrogen-bond acceptors (Lipinski definition) is 3. The van der Waals surface area contributed by atoms with E-state index in [-0.39, 0.29) is 0 Å². The molecule has 3 rings (SSSR count). The van der Waals surface area contributed by atoms with Crippen molar-refractivity contribution >= 4 is 27.0 Å². The van der Waals surface area contributed by atoms with E-state index in [1.807, 2.05) is 18.2 Å². The third-order valence-electron chi connectivity index (χ3n) is 3.59. The Morgan fingerprint density at radius 1 is 1.22 bits per heavy atom. The summed E-state index contributed by atoms with van der Waals surface area (Å²) in [6.45, 7) is 4.79. The summed E-state index contributed by atoms with van der Waals surface area (Å²) < 4.78 is 12.1. The van der Waals surface area contributed by atoms with Crippen molar-refractivity contribution in [3.8, 4) is 22.9 Å². The van der Waals surface area contributed by atoms with Gasteiger partial charge in [-0.1, -0.05) is 13.0 Å². The lowest BCUT2D eigenvalue weighted by Gasteiger charge is -2.13. The van der Waals surface area contributed by atoms with Gasteiger partial charge in [-0.05, 0) is 59.1 Å². The number of nitrogens with one attached hydrogen (secondary N) is 1. The number of ether oxygens (including phenoxy) is 2. The van der Waals surface area contributed by atoms with E-state index in [2.05, 4.69) is 51.9 Å². The van der Waals surface area contributed by atoms with E-state index in [0.717, 1.165) is 39.1 Å². The van der Waals surface area contributed by atoms with Crippen LogP contribution in [0.15, 0.2) is 34.8 Å². The zero-order valence-corrected chi connectivity index (χ0v) is 15.0. The Bertz CT molecular complexity index is 842. The van der Waals surface area contributed by atoms with E-state index < -0.39 is 0 Å². The molecule has 4 nitrogen and oxygen atoms in total. The van der Waals surface area contributed by atoms with Gasteiger partial charge in [0.2, 0.25) is 0 Å². The van der Waals surface area contributed by atoms with Crippen LogP contribution in [0.4, 0.5) is 0 Å². The van der Waals surface area contributed by atoms with Gasteiger partial charge < -0.3 is 14.5 Å². The number of hydrogen-bond donors (Lipinski definition) is 1. The molecule has 0 unspecified atom stereocenters. The normalized spacial score (nSPS) is 11.0. The van der Waals surface area contributed by atoms with E-state index in [9.17, 15) is 0 Å². The lowest BCUT2D eigenvalue weighted by Crippen LogP contribution is -1.99. The van der Waals surface area contributed by atoms with Gasteiger partial charge in [0.25, 0.3) is 0 Å². The average molecular weight is 375 g/mol. The Hall–Kier alpha value is -2.01. The van der Waals surface area contributed by atoms with Gasteiger partial charge in [0.15, 0.2) is 11.5 Å². The second-order valence-corrected chi connectivity index (χ2v) is 6.30. The van der Waals surface area contributed by atoms with Crippen LogP contribution >= 0.6 is 15.9 Å². The third-order valence-corrected chi connectivity index (χ3v) is 4.18. The lowest BCUT2D eigenvalue weighted by atomic mass is 10.2. The molecular formula is C18H19BrN2O2. The fraction of sp³-hybridized carbons (Fsp3) is 0.278. The fourth-order valence-electron chi connectivity index (χ4n) is 2.46. The summed E-state index contributed by atoms with van der Waals surface area (Å²) in [5, 5.41) is 0. The lowest BCUT2D eigenvalue weighted by molar-refractivity contribution is 0.292. The SMILES string of the molecule is CCCOc1c(Br)cc(-c2nc3ccc(C)cc3[nH]2)cc1OC. The van der Waals surface area contributed by atoms with Gasteiger partial charge in [0, 0.05) is 5.56 Å². The minimum absolute atomic E-state index is 0.651. The number of fused-ring (bicyclic) bond motifs is 1. The number of rotatable bonds is 5. The van der Waals surface area contributed by atoms with Crippen LogP contribution in [-0.4, -0.2) is 23.7 Å². The van der Waals surface area contributed by atoms with Gasteiger partial charge in [0.1, 0.15) is 5.82 Å². The Morgan fingerprint density at radius 3 is 2.78 bits per heavy atom. The van der Waals surface area contributed by atoms with E-state index in [4.69, 9.17) is 9.47 Å². The molecule has 1 N–H and O–H groups in total. The maximum absolute atomic E-state index is 5.77. The number of aromatic nitrogens is 2. The van der Waals surface area contributed by atoms with E-state index in [1.165, 1.54) is 5.56 Å². The van der Waals surface area contributed by atoms with Gasteiger partial charge >= 0.3 is 0 Å². The summed E-state index contributed by atoms with van der Waals surface area (Å²) >= 11 is 3.58.